The molecule has 12 aromatic rings. The predicted molar refractivity (Wildman–Crippen MR) is 262 cm³/mol. The van der Waals surface area contributed by atoms with Crippen molar-refractivity contribution in [1.82, 2.24) is 9.13 Å². The summed E-state index contributed by atoms with van der Waals surface area (Å²) >= 11 is 0. The van der Waals surface area contributed by atoms with Gasteiger partial charge in [0.15, 0.2) is 0 Å². The van der Waals surface area contributed by atoms with Crippen molar-refractivity contribution < 1.29 is 0 Å². The Hall–Kier alpha value is -8.20. The minimum Gasteiger partial charge on any atom is -0.309 e. The quantitative estimate of drug-likeness (QED) is 0.152. The Labute approximate surface area is 360 Å². The average molecular weight is 789 g/mol. The maximum atomic E-state index is 2.38. The van der Waals surface area contributed by atoms with Crippen molar-refractivity contribution >= 4 is 43.6 Å². The fourth-order valence-electron chi connectivity index (χ4n) is 9.65. The molecule has 0 aliphatic carbocycles. The average Bonchev–Trinajstić information content (AvgIpc) is 3.87. The van der Waals surface area contributed by atoms with Gasteiger partial charge >= 0.3 is 0 Å². The van der Waals surface area contributed by atoms with E-state index in [0.29, 0.717) is 0 Å². The third kappa shape index (κ3) is 5.96. The van der Waals surface area contributed by atoms with Gasteiger partial charge in [-0.2, -0.15) is 0 Å². The normalized spacial score (nSPS) is 11.5. The van der Waals surface area contributed by atoms with Gasteiger partial charge in [0.05, 0.1) is 22.1 Å². The molecule has 2 heteroatoms. The van der Waals surface area contributed by atoms with Gasteiger partial charge in [0.25, 0.3) is 0 Å². The van der Waals surface area contributed by atoms with E-state index in [1.165, 1.54) is 99.2 Å². The van der Waals surface area contributed by atoms with E-state index in [1.54, 1.807) is 0 Å². The number of para-hydroxylation sites is 4. The van der Waals surface area contributed by atoms with Crippen molar-refractivity contribution in [1.29, 1.82) is 0 Å². The standard InChI is InChI=1S/C60H40N2/c1-3-15-41(16-4-1)55-39-45(31-37-49(55)43-27-33-47(34-28-43)61-57-23-11-7-19-51(57)52-20-8-12-24-58(52)61)46-32-38-50(56(40-46)42-17-5-2-6-18-42)44-29-35-48(36-30-44)62-59-25-13-9-21-53(59)54-22-10-14-26-60(54)62/h1-40H. The molecule has 0 spiro atoms. The molecule has 0 radical (unpaired) electrons. The Morgan fingerprint density at radius 1 is 0.194 bits per heavy atom. The van der Waals surface area contributed by atoms with Gasteiger partial charge in [-0.15, -0.1) is 0 Å². The number of hydrogen-bond donors (Lipinski definition) is 0. The predicted octanol–water partition coefficient (Wildman–Crippen LogP) is 16.2. The van der Waals surface area contributed by atoms with Crippen LogP contribution in [0.15, 0.2) is 243 Å². The van der Waals surface area contributed by atoms with E-state index in [4.69, 9.17) is 0 Å². The van der Waals surface area contributed by atoms with Crippen molar-refractivity contribution in [3.63, 3.8) is 0 Å². The van der Waals surface area contributed by atoms with Crippen LogP contribution in [-0.4, -0.2) is 9.13 Å². The zero-order valence-electron chi connectivity index (χ0n) is 34.0. The minimum atomic E-state index is 1.15. The molecule has 0 saturated carbocycles. The lowest BCUT2D eigenvalue weighted by atomic mass is 9.88. The van der Waals surface area contributed by atoms with E-state index in [9.17, 15) is 0 Å². The van der Waals surface area contributed by atoms with E-state index in [-0.39, 0.29) is 0 Å². The van der Waals surface area contributed by atoms with E-state index in [1.807, 2.05) is 0 Å². The van der Waals surface area contributed by atoms with E-state index < -0.39 is 0 Å². The third-order valence-electron chi connectivity index (χ3n) is 12.6. The molecule has 0 N–H and O–H groups in total. The summed E-state index contributed by atoms with van der Waals surface area (Å²) in [6, 6.07) is 88.4. The first-order valence-electron chi connectivity index (χ1n) is 21.3. The lowest BCUT2D eigenvalue weighted by Crippen LogP contribution is -1.94. The summed E-state index contributed by atoms with van der Waals surface area (Å²) in [6.45, 7) is 0. The Balaban J connectivity index is 0.940. The van der Waals surface area contributed by atoms with Crippen LogP contribution < -0.4 is 0 Å². The highest BCUT2D eigenvalue weighted by atomic mass is 15.0. The zero-order valence-corrected chi connectivity index (χ0v) is 34.0. The summed E-state index contributed by atoms with van der Waals surface area (Å²) in [6.07, 6.45) is 0. The first kappa shape index (κ1) is 35.7. The number of benzene rings is 10. The molecule has 2 nitrogen and oxygen atoms in total. The molecule has 0 aliphatic rings. The van der Waals surface area contributed by atoms with E-state index in [0.717, 1.165) is 11.4 Å². The van der Waals surface area contributed by atoms with Crippen molar-refractivity contribution in [3.05, 3.63) is 243 Å². The van der Waals surface area contributed by atoms with Crippen LogP contribution in [0, 0.1) is 0 Å². The van der Waals surface area contributed by atoms with Crippen LogP contribution in [0.4, 0.5) is 0 Å². The molecule has 0 fully saturated rings. The second kappa shape index (κ2) is 14.8. The van der Waals surface area contributed by atoms with Crippen LogP contribution in [0.1, 0.15) is 0 Å². The van der Waals surface area contributed by atoms with Crippen LogP contribution in [0.25, 0.3) is 111 Å². The van der Waals surface area contributed by atoms with Crippen LogP contribution in [0.3, 0.4) is 0 Å². The molecule has 0 saturated heterocycles. The molecule has 290 valence electrons. The number of rotatable bonds is 7. The summed E-state index contributed by atoms with van der Waals surface area (Å²) in [7, 11) is 0. The first-order chi connectivity index (χ1) is 30.8. The summed E-state index contributed by atoms with van der Waals surface area (Å²) in [4.78, 5) is 0. The molecule has 2 aromatic heterocycles. The second-order valence-electron chi connectivity index (χ2n) is 16.1. The van der Waals surface area contributed by atoms with Gasteiger partial charge in [0.2, 0.25) is 0 Å². The smallest absolute Gasteiger partial charge is 0.0541 e. The minimum absolute atomic E-state index is 1.15. The SMILES string of the molecule is c1ccc(-c2cc(-c3ccc(-c4ccc(-n5c6ccccc6c6ccccc65)cc4)c(-c4ccccc4)c3)ccc2-c2ccc(-n3c4ccccc4c4ccccc43)cc2)cc1. The summed E-state index contributed by atoms with van der Waals surface area (Å²) in [5.41, 5.74) is 19.1. The lowest BCUT2D eigenvalue weighted by Gasteiger charge is -2.17. The van der Waals surface area contributed by atoms with Crippen molar-refractivity contribution in [3.8, 4) is 67.0 Å². The maximum absolute atomic E-state index is 2.38. The number of fused-ring (bicyclic) bond motifs is 6. The van der Waals surface area contributed by atoms with Gasteiger partial charge < -0.3 is 9.13 Å². The molecule has 62 heavy (non-hydrogen) atoms. The molecular formula is C60H40N2. The van der Waals surface area contributed by atoms with Crippen LogP contribution in [0.5, 0.6) is 0 Å². The topological polar surface area (TPSA) is 9.86 Å². The zero-order chi connectivity index (χ0) is 41.0. The summed E-state index contributed by atoms with van der Waals surface area (Å²) < 4.78 is 4.76. The van der Waals surface area contributed by atoms with Crippen molar-refractivity contribution in [2.75, 3.05) is 0 Å². The van der Waals surface area contributed by atoms with Crippen molar-refractivity contribution in [2.24, 2.45) is 0 Å². The van der Waals surface area contributed by atoms with Gasteiger partial charge in [-0.1, -0.05) is 182 Å². The molecule has 12 rings (SSSR count). The fraction of sp³-hybridized carbons (Fsp3) is 0. The highest BCUT2D eigenvalue weighted by molar-refractivity contribution is 6.10. The molecule has 0 unspecified atom stereocenters. The van der Waals surface area contributed by atoms with Gasteiger partial charge in [-0.05, 0) is 116 Å². The molecule has 10 aromatic carbocycles. The molecule has 0 atom stereocenters. The third-order valence-corrected chi connectivity index (χ3v) is 12.6. The number of nitrogens with zero attached hydrogens (tertiary/aromatic N) is 2. The van der Waals surface area contributed by atoms with Gasteiger partial charge in [0.1, 0.15) is 0 Å². The van der Waals surface area contributed by atoms with E-state index in [2.05, 4.69) is 252 Å². The molecule has 0 amide bonds. The highest BCUT2D eigenvalue weighted by Crippen LogP contribution is 2.41. The fourth-order valence-corrected chi connectivity index (χ4v) is 9.65. The van der Waals surface area contributed by atoms with Crippen molar-refractivity contribution in [2.45, 2.75) is 0 Å². The molecule has 2 heterocycles. The summed E-state index contributed by atoms with van der Waals surface area (Å²) in [5, 5.41) is 5.08. The largest absolute Gasteiger partial charge is 0.309 e. The molecular weight excluding hydrogens is 749 g/mol. The monoisotopic (exact) mass is 788 g/mol. The maximum Gasteiger partial charge on any atom is 0.0541 e. The molecule has 0 aliphatic heterocycles. The van der Waals surface area contributed by atoms with Crippen LogP contribution in [-0.2, 0) is 0 Å². The number of aromatic nitrogens is 2. The Bertz CT molecular complexity index is 3240. The Morgan fingerprint density at radius 2 is 0.468 bits per heavy atom. The second-order valence-corrected chi connectivity index (χ2v) is 16.1. The van der Waals surface area contributed by atoms with Crippen LogP contribution in [0.2, 0.25) is 0 Å². The Morgan fingerprint density at radius 3 is 0.806 bits per heavy atom. The highest BCUT2D eigenvalue weighted by Gasteiger charge is 2.17. The van der Waals surface area contributed by atoms with Gasteiger partial charge in [0, 0.05) is 32.9 Å². The van der Waals surface area contributed by atoms with Gasteiger partial charge in [-0.25, -0.2) is 0 Å². The number of hydrogen-bond acceptors (Lipinski definition) is 0. The van der Waals surface area contributed by atoms with E-state index >= 15 is 0 Å². The molecule has 0 bridgehead atoms. The lowest BCUT2D eigenvalue weighted by molar-refractivity contribution is 1.18. The van der Waals surface area contributed by atoms with Crippen LogP contribution >= 0.6 is 0 Å². The Kier molecular flexibility index (Phi) is 8.53. The first-order valence-corrected chi connectivity index (χ1v) is 21.3. The summed E-state index contributed by atoms with van der Waals surface area (Å²) in [5.74, 6) is 0. The van der Waals surface area contributed by atoms with Gasteiger partial charge in [-0.3, -0.25) is 0 Å².